The average Bonchev–Trinajstić information content (AvgIpc) is 3.44. The molecule has 6 N–H and O–H groups in total. The third-order valence-electron chi connectivity index (χ3n) is 9.42. The Hall–Kier alpha value is -3.34. The second-order valence-electron chi connectivity index (χ2n) is 12.8. The smallest absolute Gasteiger partial charge is 0.329 e. The molecule has 1 saturated carbocycles. The lowest BCUT2D eigenvalue weighted by Gasteiger charge is -2.40. The Morgan fingerprint density at radius 2 is 1.80 bits per heavy atom. The van der Waals surface area contributed by atoms with E-state index in [-0.39, 0.29) is 35.6 Å². The number of likely N-dealkylation sites (tertiary alicyclic amines) is 1. The lowest BCUT2D eigenvalue weighted by Crippen LogP contribution is -2.55. The van der Waals surface area contributed by atoms with Crippen LogP contribution >= 0.6 is 0 Å². The van der Waals surface area contributed by atoms with Crippen molar-refractivity contribution in [3.05, 3.63) is 23.8 Å². The van der Waals surface area contributed by atoms with Crippen LogP contribution in [0.1, 0.15) is 78.7 Å². The molecule has 1 aliphatic carbocycles. The molecule has 3 amide bonds. The third kappa shape index (κ3) is 7.49. The average molecular weight is 576 g/mol. The van der Waals surface area contributed by atoms with E-state index in [2.05, 4.69) is 33.0 Å². The van der Waals surface area contributed by atoms with E-state index in [1.165, 1.54) is 23.1 Å². The number of esters is 1. The first-order valence-corrected chi connectivity index (χ1v) is 14.3. The summed E-state index contributed by atoms with van der Waals surface area (Å²) in [6.45, 7) is 11.2. The number of carbonyl (C=O) groups is 4. The van der Waals surface area contributed by atoms with Gasteiger partial charge in [0.25, 0.3) is 0 Å². The van der Waals surface area contributed by atoms with E-state index in [4.69, 9.17) is 10.5 Å². The minimum atomic E-state index is -1.62. The Bertz CT molecular complexity index is 1150. The lowest BCUT2D eigenvalue weighted by molar-refractivity contribution is -0.159. The third-order valence-corrected chi connectivity index (χ3v) is 9.42. The Morgan fingerprint density at radius 1 is 1.12 bits per heavy atom. The van der Waals surface area contributed by atoms with Gasteiger partial charge in [-0.2, -0.15) is 0 Å². The maximum atomic E-state index is 13.5. The number of hydrogen-bond donors (Lipinski definition) is 5. The van der Waals surface area contributed by atoms with Gasteiger partial charge in [-0.3, -0.25) is 14.4 Å². The zero-order valence-electron chi connectivity index (χ0n) is 24.7. The molecule has 0 aromatic heterocycles. The van der Waals surface area contributed by atoms with Gasteiger partial charge in [0.1, 0.15) is 18.2 Å². The standard InChI is InChI=1S/C30H45N3O8/c1-17(13-19-10-11-29(2,3)30(19,4)5)41-28(40)21-7-6-12-33(21)27(39)20(16-25(31)37)32-26(38)24(36)15-18-8-9-22(34)23(35)14-18/h8-9,14,17,19-21,24,34-36H,6-7,10-13,15-16H2,1-5H3,(H2,31,37)(H,32,38). The van der Waals surface area contributed by atoms with Gasteiger partial charge in [-0.15, -0.1) is 0 Å². The molecule has 2 fully saturated rings. The molecule has 0 radical (unpaired) electrons. The van der Waals surface area contributed by atoms with Crippen LogP contribution in [0.25, 0.3) is 0 Å². The van der Waals surface area contributed by atoms with Crippen molar-refractivity contribution in [3.8, 4) is 11.5 Å². The van der Waals surface area contributed by atoms with Crippen LogP contribution in [0.5, 0.6) is 11.5 Å². The number of rotatable bonds is 11. The van der Waals surface area contributed by atoms with Crippen molar-refractivity contribution in [1.82, 2.24) is 10.2 Å². The van der Waals surface area contributed by atoms with Crippen molar-refractivity contribution < 1.29 is 39.2 Å². The molecule has 5 atom stereocenters. The fraction of sp³-hybridized carbons (Fsp3) is 0.667. The maximum Gasteiger partial charge on any atom is 0.329 e. The number of carbonyl (C=O) groups excluding carboxylic acids is 4. The van der Waals surface area contributed by atoms with Crippen LogP contribution in [0.4, 0.5) is 0 Å². The maximum absolute atomic E-state index is 13.5. The van der Waals surface area contributed by atoms with E-state index >= 15 is 0 Å². The number of phenols is 2. The first kappa shape index (κ1) is 32.2. The number of hydrogen-bond acceptors (Lipinski definition) is 8. The second kappa shape index (κ2) is 12.7. The highest BCUT2D eigenvalue weighted by Crippen LogP contribution is 2.57. The molecular weight excluding hydrogens is 530 g/mol. The lowest BCUT2D eigenvalue weighted by atomic mass is 9.66. The summed E-state index contributed by atoms with van der Waals surface area (Å²) in [5.41, 5.74) is 5.99. The molecule has 0 spiro atoms. The molecular formula is C30H45N3O8. The Morgan fingerprint density at radius 3 is 2.39 bits per heavy atom. The minimum absolute atomic E-state index is 0.0937. The summed E-state index contributed by atoms with van der Waals surface area (Å²) >= 11 is 0. The Labute approximate surface area is 241 Å². The van der Waals surface area contributed by atoms with Crippen LogP contribution in [0.3, 0.4) is 0 Å². The van der Waals surface area contributed by atoms with Crippen molar-refractivity contribution in [3.63, 3.8) is 0 Å². The van der Waals surface area contributed by atoms with Gasteiger partial charge < -0.3 is 36.0 Å². The summed E-state index contributed by atoms with van der Waals surface area (Å²) in [6.07, 6.45) is 1.14. The number of amides is 3. The summed E-state index contributed by atoms with van der Waals surface area (Å²) in [7, 11) is 0. The van der Waals surface area contributed by atoms with Gasteiger partial charge in [-0.25, -0.2) is 4.79 Å². The summed E-state index contributed by atoms with van der Waals surface area (Å²) in [4.78, 5) is 52.5. The number of aromatic hydroxyl groups is 2. The molecule has 11 nitrogen and oxygen atoms in total. The van der Waals surface area contributed by atoms with E-state index in [0.29, 0.717) is 24.3 Å². The number of nitrogens with zero attached hydrogens (tertiary/aromatic N) is 1. The van der Waals surface area contributed by atoms with Crippen LogP contribution in [-0.4, -0.2) is 74.7 Å². The van der Waals surface area contributed by atoms with Gasteiger partial charge in [0.05, 0.1) is 12.5 Å². The van der Waals surface area contributed by atoms with Gasteiger partial charge in [0.15, 0.2) is 11.5 Å². The van der Waals surface area contributed by atoms with Crippen molar-refractivity contribution >= 4 is 23.7 Å². The number of primary amides is 1. The minimum Gasteiger partial charge on any atom is -0.504 e. The normalized spacial score (nSPS) is 23.4. The number of ether oxygens (including phenoxy) is 1. The SMILES string of the molecule is CC(CC1CCC(C)(C)C1(C)C)OC(=O)C1CCCN1C(=O)C(CC(N)=O)NC(=O)C(O)Cc1ccc(O)c(O)c1. The second-order valence-corrected chi connectivity index (χ2v) is 12.8. The van der Waals surface area contributed by atoms with Gasteiger partial charge >= 0.3 is 5.97 Å². The fourth-order valence-electron chi connectivity index (χ4n) is 6.07. The van der Waals surface area contributed by atoms with Crippen LogP contribution in [0.2, 0.25) is 0 Å². The molecule has 0 bridgehead atoms. The first-order chi connectivity index (χ1) is 19.0. The Balaban J connectivity index is 1.63. The number of nitrogens with one attached hydrogen (secondary N) is 1. The van der Waals surface area contributed by atoms with Crippen molar-refractivity contribution in [1.29, 1.82) is 0 Å². The number of aliphatic hydroxyl groups is 1. The van der Waals surface area contributed by atoms with E-state index in [1.807, 2.05) is 6.92 Å². The van der Waals surface area contributed by atoms with Gasteiger partial charge in [-0.05, 0) is 73.5 Å². The van der Waals surface area contributed by atoms with Crippen LogP contribution < -0.4 is 11.1 Å². The molecule has 1 aromatic carbocycles. The number of benzene rings is 1. The van der Waals surface area contributed by atoms with Crippen molar-refractivity contribution in [2.45, 2.75) is 104 Å². The number of aliphatic hydroxyl groups excluding tert-OH is 1. The highest BCUT2D eigenvalue weighted by atomic mass is 16.5. The fourth-order valence-corrected chi connectivity index (χ4v) is 6.07. The largest absolute Gasteiger partial charge is 0.504 e. The molecule has 11 heteroatoms. The van der Waals surface area contributed by atoms with Crippen molar-refractivity contribution in [2.75, 3.05) is 6.54 Å². The summed E-state index contributed by atoms with van der Waals surface area (Å²) in [5.74, 6) is -3.30. The molecule has 41 heavy (non-hydrogen) atoms. The molecule has 1 aromatic rings. The van der Waals surface area contributed by atoms with Crippen LogP contribution in [0.15, 0.2) is 18.2 Å². The predicted octanol–water partition coefficient (Wildman–Crippen LogP) is 2.14. The zero-order chi connectivity index (χ0) is 30.7. The van der Waals surface area contributed by atoms with Gasteiger partial charge in [-0.1, -0.05) is 33.8 Å². The van der Waals surface area contributed by atoms with E-state index in [9.17, 15) is 34.5 Å². The Kier molecular flexibility index (Phi) is 9.94. The molecule has 3 rings (SSSR count). The summed E-state index contributed by atoms with van der Waals surface area (Å²) in [6, 6.07) is 1.62. The monoisotopic (exact) mass is 575 g/mol. The number of nitrogens with two attached hydrogens (primary N) is 1. The first-order valence-electron chi connectivity index (χ1n) is 14.3. The summed E-state index contributed by atoms with van der Waals surface area (Å²) in [5, 5.41) is 31.9. The van der Waals surface area contributed by atoms with Crippen LogP contribution in [0, 0.1) is 16.7 Å². The van der Waals surface area contributed by atoms with Gasteiger partial charge in [0, 0.05) is 13.0 Å². The molecule has 1 saturated heterocycles. The van der Waals surface area contributed by atoms with Crippen molar-refractivity contribution in [2.24, 2.45) is 22.5 Å². The molecule has 228 valence electrons. The van der Waals surface area contributed by atoms with Crippen LogP contribution in [-0.2, 0) is 30.3 Å². The molecule has 5 unspecified atom stereocenters. The van der Waals surface area contributed by atoms with Gasteiger partial charge in [0.2, 0.25) is 17.7 Å². The van der Waals surface area contributed by atoms with E-state index < -0.39 is 54.0 Å². The quantitative estimate of drug-likeness (QED) is 0.197. The topological polar surface area (TPSA) is 179 Å². The highest BCUT2D eigenvalue weighted by molar-refractivity contribution is 5.95. The number of phenolic OH excluding ortho intramolecular Hbond substituents is 2. The van der Waals surface area contributed by atoms with E-state index in [1.54, 1.807) is 0 Å². The predicted molar refractivity (Wildman–Crippen MR) is 150 cm³/mol. The molecule has 2 aliphatic rings. The molecule has 1 aliphatic heterocycles. The zero-order valence-corrected chi connectivity index (χ0v) is 24.7. The molecule has 1 heterocycles. The van der Waals surface area contributed by atoms with E-state index in [0.717, 1.165) is 19.3 Å². The summed E-state index contributed by atoms with van der Waals surface area (Å²) < 4.78 is 5.81. The highest BCUT2D eigenvalue weighted by Gasteiger charge is 2.49.